The first kappa shape index (κ1) is 14.7. The van der Waals surface area contributed by atoms with Crippen LogP contribution >= 0.6 is 0 Å². The standard InChI is InChI=1S/C15H23N3O2/c1-3-17-14(19)11-5-6-13(12(16)9-11)18-15(2)7-4-8-20-10-15/h5-6,9,18H,3-4,7-8,10,16H2,1-2H3,(H,17,19). The SMILES string of the molecule is CCNC(=O)c1ccc(NC2(C)CCCOC2)c(N)c1. The fourth-order valence-electron chi connectivity index (χ4n) is 2.44. The van der Waals surface area contributed by atoms with E-state index in [0.29, 0.717) is 24.4 Å². The normalized spacial score (nSPS) is 22.3. The molecule has 0 spiro atoms. The maximum Gasteiger partial charge on any atom is 0.251 e. The predicted octanol–water partition coefficient (Wildman–Crippen LogP) is 2.00. The van der Waals surface area contributed by atoms with Crippen molar-refractivity contribution in [3.8, 4) is 0 Å². The molecule has 0 aliphatic carbocycles. The number of hydrogen-bond acceptors (Lipinski definition) is 4. The van der Waals surface area contributed by atoms with E-state index >= 15 is 0 Å². The van der Waals surface area contributed by atoms with Gasteiger partial charge in [-0.15, -0.1) is 0 Å². The molecule has 1 aromatic carbocycles. The molecule has 5 heteroatoms. The van der Waals surface area contributed by atoms with Crippen molar-refractivity contribution in [2.24, 2.45) is 0 Å². The Labute approximate surface area is 119 Å². The van der Waals surface area contributed by atoms with E-state index in [0.717, 1.165) is 25.1 Å². The largest absolute Gasteiger partial charge is 0.397 e. The third kappa shape index (κ3) is 3.42. The van der Waals surface area contributed by atoms with E-state index < -0.39 is 0 Å². The second-order valence-corrected chi connectivity index (χ2v) is 5.50. The van der Waals surface area contributed by atoms with E-state index in [1.165, 1.54) is 0 Å². The van der Waals surface area contributed by atoms with Gasteiger partial charge in [-0.1, -0.05) is 0 Å². The first-order chi connectivity index (χ1) is 9.54. The molecule has 4 N–H and O–H groups in total. The fraction of sp³-hybridized carbons (Fsp3) is 0.533. The summed E-state index contributed by atoms with van der Waals surface area (Å²) in [6.45, 7) is 6.12. The molecule has 1 aromatic rings. The Morgan fingerprint density at radius 2 is 2.30 bits per heavy atom. The predicted molar refractivity (Wildman–Crippen MR) is 80.9 cm³/mol. The molecule has 1 fully saturated rings. The number of nitrogens with one attached hydrogen (secondary N) is 2. The van der Waals surface area contributed by atoms with Gasteiger partial charge < -0.3 is 21.1 Å². The number of nitrogens with two attached hydrogens (primary N) is 1. The Morgan fingerprint density at radius 3 is 2.90 bits per heavy atom. The number of benzene rings is 1. The van der Waals surface area contributed by atoms with Gasteiger partial charge >= 0.3 is 0 Å². The summed E-state index contributed by atoms with van der Waals surface area (Å²) in [6, 6.07) is 5.36. The monoisotopic (exact) mass is 277 g/mol. The highest BCUT2D eigenvalue weighted by molar-refractivity contribution is 5.96. The molecule has 0 saturated carbocycles. The lowest BCUT2D eigenvalue weighted by molar-refractivity contribution is 0.0540. The summed E-state index contributed by atoms with van der Waals surface area (Å²) in [4.78, 5) is 11.8. The van der Waals surface area contributed by atoms with Crippen LogP contribution in [0, 0.1) is 0 Å². The number of amides is 1. The first-order valence-electron chi connectivity index (χ1n) is 7.08. The van der Waals surface area contributed by atoms with Crippen molar-refractivity contribution in [3.05, 3.63) is 23.8 Å². The van der Waals surface area contributed by atoms with Crippen molar-refractivity contribution in [2.45, 2.75) is 32.2 Å². The van der Waals surface area contributed by atoms with Crippen LogP contribution in [0.5, 0.6) is 0 Å². The van der Waals surface area contributed by atoms with Crippen LogP contribution < -0.4 is 16.4 Å². The number of rotatable bonds is 4. The van der Waals surface area contributed by atoms with Gasteiger partial charge in [0.25, 0.3) is 5.91 Å². The molecule has 5 nitrogen and oxygen atoms in total. The van der Waals surface area contributed by atoms with Crippen LogP contribution in [0.2, 0.25) is 0 Å². The van der Waals surface area contributed by atoms with Gasteiger partial charge in [0.05, 0.1) is 23.5 Å². The average molecular weight is 277 g/mol. The highest BCUT2D eigenvalue weighted by Crippen LogP contribution is 2.28. The number of carbonyl (C=O) groups is 1. The summed E-state index contributed by atoms with van der Waals surface area (Å²) in [5, 5.41) is 6.20. The van der Waals surface area contributed by atoms with Gasteiger partial charge in [-0.2, -0.15) is 0 Å². The summed E-state index contributed by atoms with van der Waals surface area (Å²) in [7, 11) is 0. The lowest BCUT2D eigenvalue weighted by Crippen LogP contribution is -2.43. The van der Waals surface area contributed by atoms with Crippen molar-refractivity contribution in [1.29, 1.82) is 0 Å². The second-order valence-electron chi connectivity index (χ2n) is 5.50. The molecule has 1 atom stereocenters. The van der Waals surface area contributed by atoms with Crippen LogP contribution in [-0.4, -0.2) is 31.2 Å². The highest BCUT2D eigenvalue weighted by atomic mass is 16.5. The van der Waals surface area contributed by atoms with E-state index in [1.807, 2.05) is 13.0 Å². The maximum absolute atomic E-state index is 11.8. The molecule has 1 unspecified atom stereocenters. The van der Waals surface area contributed by atoms with Gasteiger partial charge in [0.2, 0.25) is 0 Å². The van der Waals surface area contributed by atoms with Gasteiger partial charge in [-0.05, 0) is 44.9 Å². The van der Waals surface area contributed by atoms with Crippen molar-refractivity contribution in [1.82, 2.24) is 5.32 Å². The number of anilines is 2. The zero-order valence-electron chi connectivity index (χ0n) is 12.2. The lowest BCUT2D eigenvalue weighted by atomic mass is 9.94. The Hall–Kier alpha value is -1.75. The van der Waals surface area contributed by atoms with E-state index in [4.69, 9.17) is 10.5 Å². The van der Waals surface area contributed by atoms with Crippen molar-refractivity contribution in [2.75, 3.05) is 30.8 Å². The summed E-state index contributed by atoms with van der Waals surface area (Å²) in [6.07, 6.45) is 2.09. The fourth-order valence-corrected chi connectivity index (χ4v) is 2.44. The Morgan fingerprint density at radius 1 is 1.50 bits per heavy atom. The van der Waals surface area contributed by atoms with Gasteiger partial charge in [0, 0.05) is 18.7 Å². The molecule has 20 heavy (non-hydrogen) atoms. The minimum Gasteiger partial charge on any atom is -0.397 e. The molecular weight excluding hydrogens is 254 g/mol. The zero-order chi connectivity index (χ0) is 14.6. The minimum atomic E-state index is -0.0991. The molecule has 110 valence electrons. The highest BCUT2D eigenvalue weighted by Gasteiger charge is 2.27. The summed E-state index contributed by atoms with van der Waals surface area (Å²) in [5.74, 6) is -0.0991. The molecule has 1 amide bonds. The van der Waals surface area contributed by atoms with E-state index in [9.17, 15) is 4.79 Å². The Kier molecular flexibility index (Phi) is 4.49. The van der Waals surface area contributed by atoms with E-state index in [2.05, 4.69) is 17.6 Å². The van der Waals surface area contributed by atoms with Crippen LogP contribution in [0.1, 0.15) is 37.0 Å². The maximum atomic E-state index is 11.8. The number of ether oxygens (including phenoxy) is 1. The smallest absolute Gasteiger partial charge is 0.251 e. The average Bonchev–Trinajstić information content (AvgIpc) is 2.42. The minimum absolute atomic E-state index is 0.0977. The molecule has 1 aliphatic heterocycles. The third-order valence-corrected chi connectivity index (χ3v) is 3.53. The molecule has 1 saturated heterocycles. The molecule has 2 rings (SSSR count). The van der Waals surface area contributed by atoms with Gasteiger partial charge in [0.15, 0.2) is 0 Å². The molecule has 0 aromatic heterocycles. The summed E-state index contributed by atoms with van der Waals surface area (Å²) in [5.41, 5.74) is 7.97. The second kappa shape index (κ2) is 6.13. The molecule has 0 bridgehead atoms. The molecular formula is C15H23N3O2. The quantitative estimate of drug-likeness (QED) is 0.736. The van der Waals surface area contributed by atoms with Gasteiger partial charge in [-0.25, -0.2) is 0 Å². The van der Waals surface area contributed by atoms with Crippen LogP contribution in [-0.2, 0) is 4.74 Å². The van der Waals surface area contributed by atoms with Crippen LogP contribution in [0.4, 0.5) is 11.4 Å². The Balaban J connectivity index is 2.11. The number of carbonyl (C=O) groups excluding carboxylic acids is 1. The van der Waals surface area contributed by atoms with Gasteiger partial charge in [0.1, 0.15) is 0 Å². The van der Waals surface area contributed by atoms with Crippen LogP contribution in [0.15, 0.2) is 18.2 Å². The third-order valence-electron chi connectivity index (χ3n) is 3.53. The lowest BCUT2D eigenvalue weighted by Gasteiger charge is -2.35. The summed E-state index contributed by atoms with van der Waals surface area (Å²) < 4.78 is 5.52. The van der Waals surface area contributed by atoms with Crippen molar-refractivity contribution < 1.29 is 9.53 Å². The van der Waals surface area contributed by atoms with Gasteiger partial charge in [-0.3, -0.25) is 4.79 Å². The van der Waals surface area contributed by atoms with Crippen LogP contribution in [0.25, 0.3) is 0 Å². The van der Waals surface area contributed by atoms with Crippen molar-refractivity contribution in [3.63, 3.8) is 0 Å². The number of hydrogen-bond donors (Lipinski definition) is 3. The Bertz CT molecular complexity index is 482. The van der Waals surface area contributed by atoms with E-state index in [-0.39, 0.29) is 11.4 Å². The topological polar surface area (TPSA) is 76.4 Å². The summed E-state index contributed by atoms with van der Waals surface area (Å²) >= 11 is 0. The zero-order valence-corrected chi connectivity index (χ0v) is 12.2. The molecule has 0 radical (unpaired) electrons. The van der Waals surface area contributed by atoms with E-state index in [1.54, 1.807) is 12.1 Å². The molecule has 1 heterocycles. The first-order valence-corrected chi connectivity index (χ1v) is 7.08. The van der Waals surface area contributed by atoms with Crippen LogP contribution in [0.3, 0.4) is 0 Å². The van der Waals surface area contributed by atoms with Crippen molar-refractivity contribution >= 4 is 17.3 Å². The molecule has 1 aliphatic rings. The number of nitrogen functional groups attached to an aromatic ring is 1.